The van der Waals surface area contributed by atoms with Crippen LogP contribution in [-0.2, 0) is 29.0 Å². The number of hydrogen-bond acceptors (Lipinski definition) is 4. The molecule has 1 N–H and O–H groups in total. The van der Waals surface area contributed by atoms with Crippen LogP contribution >= 0.6 is 0 Å². The van der Waals surface area contributed by atoms with Gasteiger partial charge in [0.1, 0.15) is 12.4 Å². The van der Waals surface area contributed by atoms with E-state index in [0.717, 1.165) is 76.9 Å². The Labute approximate surface area is 186 Å². The Kier molecular flexibility index (Phi) is 9.86. The highest BCUT2D eigenvalue weighted by molar-refractivity contribution is 5.80. The Bertz CT molecular complexity index is 769. The summed E-state index contributed by atoms with van der Waals surface area (Å²) >= 11 is 0. The third kappa shape index (κ3) is 7.67. The number of guanidine groups is 1. The van der Waals surface area contributed by atoms with Crippen molar-refractivity contribution >= 4 is 5.96 Å². The lowest BCUT2D eigenvalue weighted by Gasteiger charge is -2.34. The first kappa shape index (κ1) is 23.3. The number of piperidine rings is 1. The first-order chi connectivity index (χ1) is 15.3. The molecule has 1 aliphatic heterocycles. The molecule has 0 atom stereocenters. The van der Waals surface area contributed by atoms with Crippen molar-refractivity contribution in [2.75, 3.05) is 40.0 Å². The summed E-state index contributed by atoms with van der Waals surface area (Å²) in [4.78, 5) is 11.8. The van der Waals surface area contributed by atoms with Crippen LogP contribution in [0.1, 0.15) is 37.6 Å². The molecule has 0 radical (unpaired) electrons. The lowest BCUT2D eigenvalue weighted by molar-refractivity contribution is 0.00990. The predicted molar refractivity (Wildman–Crippen MR) is 124 cm³/mol. The van der Waals surface area contributed by atoms with Crippen LogP contribution in [0, 0.1) is 0 Å². The van der Waals surface area contributed by atoms with E-state index in [4.69, 9.17) is 14.5 Å². The van der Waals surface area contributed by atoms with Crippen LogP contribution in [0.15, 0.2) is 47.7 Å². The number of nitrogens with one attached hydrogen (secondary N) is 1. The third-order valence-corrected chi connectivity index (χ3v) is 5.58. The maximum Gasteiger partial charge on any atom is 0.194 e. The summed E-state index contributed by atoms with van der Waals surface area (Å²) in [5.41, 5.74) is 1.34. The molecule has 1 aromatic heterocycles. The molecule has 2 heterocycles. The van der Waals surface area contributed by atoms with Crippen molar-refractivity contribution in [1.29, 1.82) is 0 Å². The van der Waals surface area contributed by atoms with Crippen molar-refractivity contribution in [2.24, 2.45) is 4.99 Å². The number of imidazole rings is 1. The van der Waals surface area contributed by atoms with E-state index in [1.54, 1.807) is 7.11 Å². The summed E-state index contributed by atoms with van der Waals surface area (Å²) < 4.78 is 13.3. The molecule has 170 valence electrons. The van der Waals surface area contributed by atoms with Gasteiger partial charge in [0.25, 0.3) is 0 Å². The number of aliphatic imine (C=N–C) groups is 1. The molecule has 0 unspecified atom stereocenters. The minimum Gasteiger partial charge on any atom is -0.385 e. The Morgan fingerprint density at radius 2 is 2.00 bits per heavy atom. The minimum absolute atomic E-state index is 0.341. The average molecular weight is 428 g/mol. The van der Waals surface area contributed by atoms with Gasteiger partial charge in [0.05, 0.1) is 6.10 Å². The average Bonchev–Trinajstić information content (AvgIpc) is 3.27. The van der Waals surface area contributed by atoms with Crippen LogP contribution in [0.5, 0.6) is 0 Å². The van der Waals surface area contributed by atoms with Gasteiger partial charge in [-0.25, -0.2) is 9.98 Å². The molecule has 31 heavy (non-hydrogen) atoms. The summed E-state index contributed by atoms with van der Waals surface area (Å²) in [5, 5.41) is 3.45. The first-order valence-electron chi connectivity index (χ1n) is 11.5. The van der Waals surface area contributed by atoms with Gasteiger partial charge in [-0.15, -0.1) is 0 Å². The van der Waals surface area contributed by atoms with Gasteiger partial charge in [0.15, 0.2) is 5.96 Å². The van der Waals surface area contributed by atoms with Crippen LogP contribution in [0.25, 0.3) is 0 Å². The number of benzene rings is 1. The summed E-state index contributed by atoms with van der Waals surface area (Å²) in [6.07, 6.45) is 8.27. The highest BCUT2D eigenvalue weighted by Crippen LogP contribution is 2.15. The van der Waals surface area contributed by atoms with Gasteiger partial charge in [-0.1, -0.05) is 30.3 Å². The quantitative estimate of drug-likeness (QED) is 0.339. The fraction of sp³-hybridized carbons (Fsp3) is 0.583. The van der Waals surface area contributed by atoms with E-state index in [9.17, 15) is 0 Å². The lowest BCUT2D eigenvalue weighted by Crippen LogP contribution is -2.47. The number of aromatic nitrogens is 2. The zero-order chi connectivity index (χ0) is 21.7. The van der Waals surface area contributed by atoms with Gasteiger partial charge < -0.3 is 24.3 Å². The zero-order valence-electron chi connectivity index (χ0n) is 19.0. The summed E-state index contributed by atoms with van der Waals surface area (Å²) in [5.74, 6) is 1.97. The van der Waals surface area contributed by atoms with Crippen molar-refractivity contribution in [3.63, 3.8) is 0 Å². The molecule has 1 saturated heterocycles. The highest BCUT2D eigenvalue weighted by atomic mass is 16.5. The second kappa shape index (κ2) is 13.1. The minimum atomic E-state index is 0.341. The van der Waals surface area contributed by atoms with Crippen LogP contribution in [0.3, 0.4) is 0 Å². The third-order valence-electron chi connectivity index (χ3n) is 5.58. The molecule has 0 spiro atoms. The molecule has 0 aliphatic carbocycles. The molecule has 3 rings (SSSR count). The molecule has 2 aromatic rings. The molecule has 7 heteroatoms. The fourth-order valence-electron chi connectivity index (χ4n) is 3.85. The molecule has 7 nitrogen and oxygen atoms in total. The summed E-state index contributed by atoms with van der Waals surface area (Å²) in [7, 11) is 1.73. The second-order valence-electron chi connectivity index (χ2n) is 7.85. The molecule has 0 bridgehead atoms. The number of ether oxygens (including phenoxy) is 2. The SMILES string of the molecule is CCNC(=NCc1nccn1CCc1ccccc1)N1CCC(OCCCOC)CC1. The number of aryl methyl sites for hydroxylation is 2. The smallest absolute Gasteiger partial charge is 0.194 e. The number of nitrogens with zero attached hydrogens (tertiary/aromatic N) is 4. The summed E-state index contributed by atoms with van der Waals surface area (Å²) in [6, 6.07) is 10.6. The molecule has 0 saturated carbocycles. The number of methoxy groups -OCH3 is 1. The monoisotopic (exact) mass is 427 g/mol. The van der Waals surface area contributed by atoms with E-state index in [2.05, 4.69) is 57.0 Å². The normalized spacial score (nSPS) is 15.4. The number of likely N-dealkylation sites (tertiary alicyclic amines) is 1. The van der Waals surface area contributed by atoms with Crippen molar-refractivity contribution in [3.05, 3.63) is 54.1 Å². The topological polar surface area (TPSA) is 63.9 Å². The molecule has 1 fully saturated rings. The second-order valence-corrected chi connectivity index (χ2v) is 7.85. The van der Waals surface area contributed by atoms with E-state index in [0.29, 0.717) is 12.6 Å². The van der Waals surface area contributed by atoms with Crippen LogP contribution in [-0.4, -0.2) is 66.5 Å². The van der Waals surface area contributed by atoms with Crippen LogP contribution in [0.4, 0.5) is 0 Å². The van der Waals surface area contributed by atoms with Crippen molar-refractivity contribution < 1.29 is 9.47 Å². The van der Waals surface area contributed by atoms with Gasteiger partial charge in [-0.2, -0.15) is 0 Å². The Morgan fingerprint density at radius 1 is 1.19 bits per heavy atom. The molecular formula is C24H37N5O2. The van der Waals surface area contributed by atoms with E-state index in [-0.39, 0.29) is 0 Å². The molecule has 1 aliphatic rings. The van der Waals surface area contributed by atoms with E-state index in [1.807, 2.05) is 12.4 Å². The van der Waals surface area contributed by atoms with Crippen molar-refractivity contribution in [1.82, 2.24) is 19.8 Å². The first-order valence-corrected chi connectivity index (χ1v) is 11.5. The van der Waals surface area contributed by atoms with Gasteiger partial charge in [0, 0.05) is 58.9 Å². The zero-order valence-corrected chi connectivity index (χ0v) is 19.0. The van der Waals surface area contributed by atoms with Crippen LogP contribution in [0.2, 0.25) is 0 Å². The van der Waals surface area contributed by atoms with E-state index in [1.165, 1.54) is 5.56 Å². The molecule has 0 amide bonds. The fourth-order valence-corrected chi connectivity index (χ4v) is 3.85. The summed E-state index contributed by atoms with van der Waals surface area (Å²) in [6.45, 7) is 7.92. The Balaban J connectivity index is 1.51. The predicted octanol–water partition coefficient (Wildman–Crippen LogP) is 3.11. The highest BCUT2D eigenvalue weighted by Gasteiger charge is 2.22. The van der Waals surface area contributed by atoms with Crippen LogP contribution < -0.4 is 5.32 Å². The molecule has 1 aromatic carbocycles. The number of rotatable bonds is 11. The van der Waals surface area contributed by atoms with Crippen molar-refractivity contribution in [3.8, 4) is 0 Å². The van der Waals surface area contributed by atoms with Gasteiger partial charge in [0.2, 0.25) is 0 Å². The lowest BCUT2D eigenvalue weighted by atomic mass is 10.1. The van der Waals surface area contributed by atoms with Gasteiger partial charge >= 0.3 is 0 Å². The van der Waals surface area contributed by atoms with Gasteiger partial charge in [-0.05, 0) is 38.2 Å². The molecular weight excluding hydrogens is 390 g/mol. The Hall–Kier alpha value is -2.38. The van der Waals surface area contributed by atoms with Gasteiger partial charge in [-0.3, -0.25) is 0 Å². The van der Waals surface area contributed by atoms with E-state index < -0.39 is 0 Å². The maximum absolute atomic E-state index is 5.99. The number of hydrogen-bond donors (Lipinski definition) is 1. The van der Waals surface area contributed by atoms with E-state index >= 15 is 0 Å². The largest absolute Gasteiger partial charge is 0.385 e. The maximum atomic E-state index is 5.99. The Morgan fingerprint density at radius 3 is 2.74 bits per heavy atom. The van der Waals surface area contributed by atoms with Crippen molar-refractivity contribution in [2.45, 2.75) is 51.8 Å². The standard InChI is InChI=1S/C24H37N5O2/c1-3-25-24(29-15-11-22(12-16-29)31-19-7-18-30-2)27-20-23-26-13-17-28(23)14-10-21-8-5-4-6-9-21/h4-6,8-9,13,17,22H,3,7,10-12,14-16,18-20H2,1-2H3,(H,25,27).